The van der Waals surface area contributed by atoms with Crippen molar-refractivity contribution in [3.05, 3.63) is 30.4 Å². The number of hydrogen-bond acceptors (Lipinski definition) is 6. The van der Waals surface area contributed by atoms with Crippen LogP contribution in [0.2, 0.25) is 0 Å². The van der Waals surface area contributed by atoms with Crippen molar-refractivity contribution in [1.82, 2.24) is 0 Å². The van der Waals surface area contributed by atoms with E-state index in [0.717, 1.165) is 5.57 Å². The normalized spacial score (nSPS) is 11.4. The maximum atomic E-state index is 9.68. The summed E-state index contributed by atoms with van der Waals surface area (Å²) in [6.07, 6.45) is 0. The molecule has 0 aliphatic rings. The molecule has 0 radical (unpaired) electrons. The van der Waals surface area contributed by atoms with E-state index in [1.54, 1.807) is 19.2 Å². The first-order chi connectivity index (χ1) is 11.9. The molecular formula is C19H30O6. The van der Waals surface area contributed by atoms with Crippen molar-refractivity contribution in [1.29, 1.82) is 0 Å². The van der Waals surface area contributed by atoms with Gasteiger partial charge >= 0.3 is 0 Å². The molecule has 0 fully saturated rings. The van der Waals surface area contributed by atoms with Gasteiger partial charge in [0.25, 0.3) is 0 Å². The van der Waals surface area contributed by atoms with Crippen molar-refractivity contribution in [2.75, 3.05) is 46.8 Å². The van der Waals surface area contributed by atoms with Crippen molar-refractivity contribution >= 4 is 0 Å². The summed E-state index contributed by atoms with van der Waals surface area (Å²) >= 11 is 0. The topological polar surface area (TPSA) is 66.4 Å². The Morgan fingerprint density at radius 2 is 1.60 bits per heavy atom. The van der Waals surface area contributed by atoms with Gasteiger partial charge in [-0.3, -0.25) is 0 Å². The Hall–Kier alpha value is -1.76. The molecule has 1 N–H and O–H groups in total. The molecule has 6 heteroatoms. The molecule has 142 valence electrons. The van der Waals surface area contributed by atoms with Gasteiger partial charge in [0.2, 0.25) is 0 Å². The first kappa shape index (κ1) is 21.3. The molecule has 1 aromatic rings. The van der Waals surface area contributed by atoms with Gasteiger partial charge in [-0.15, -0.1) is 0 Å². The molecule has 0 aliphatic carbocycles. The lowest BCUT2D eigenvalue weighted by Gasteiger charge is -2.28. The Kier molecular flexibility index (Phi) is 9.34. The second-order valence-corrected chi connectivity index (χ2v) is 6.09. The van der Waals surface area contributed by atoms with Gasteiger partial charge in [-0.2, -0.15) is 0 Å². The smallest absolute Gasteiger partial charge is 0.165 e. The van der Waals surface area contributed by atoms with E-state index in [1.807, 2.05) is 20.8 Å². The number of methoxy groups -OCH3 is 1. The number of phenols is 1. The molecule has 0 atom stereocenters. The quantitative estimate of drug-likeness (QED) is 0.433. The third-order valence-corrected chi connectivity index (χ3v) is 3.61. The Morgan fingerprint density at radius 1 is 1.00 bits per heavy atom. The van der Waals surface area contributed by atoms with Crippen LogP contribution >= 0.6 is 0 Å². The highest BCUT2D eigenvalue weighted by Gasteiger charge is 2.22. The summed E-state index contributed by atoms with van der Waals surface area (Å²) in [5, 5.41) is 9.68. The molecule has 0 heterocycles. The van der Waals surface area contributed by atoms with E-state index in [9.17, 15) is 5.11 Å². The molecule has 0 unspecified atom stereocenters. The number of rotatable bonds is 13. The minimum absolute atomic E-state index is 0.114. The van der Waals surface area contributed by atoms with Crippen molar-refractivity contribution in [2.45, 2.75) is 26.4 Å². The Bertz CT molecular complexity index is 527. The maximum Gasteiger partial charge on any atom is 0.165 e. The summed E-state index contributed by atoms with van der Waals surface area (Å²) in [4.78, 5) is 0. The highest BCUT2D eigenvalue weighted by Crippen LogP contribution is 2.35. The molecule has 0 aromatic heterocycles. The highest BCUT2D eigenvalue weighted by molar-refractivity contribution is 5.45. The summed E-state index contributed by atoms with van der Waals surface area (Å²) in [6, 6.07) is 4.77. The Labute approximate surface area is 150 Å². The van der Waals surface area contributed by atoms with Crippen LogP contribution in [0.3, 0.4) is 0 Å². The van der Waals surface area contributed by atoms with Crippen LogP contribution in [0.1, 0.15) is 20.8 Å². The van der Waals surface area contributed by atoms with Gasteiger partial charge in [-0.1, -0.05) is 6.58 Å². The average Bonchev–Trinajstić information content (AvgIpc) is 2.55. The largest absolute Gasteiger partial charge is 0.508 e. The molecular weight excluding hydrogens is 324 g/mol. The lowest BCUT2D eigenvalue weighted by Crippen LogP contribution is -2.29. The van der Waals surface area contributed by atoms with Gasteiger partial charge in [0.15, 0.2) is 11.5 Å². The number of benzene rings is 1. The summed E-state index contributed by atoms with van der Waals surface area (Å²) in [6.45, 7) is 12.6. The second-order valence-electron chi connectivity index (χ2n) is 6.09. The van der Waals surface area contributed by atoms with Gasteiger partial charge < -0.3 is 28.8 Å². The van der Waals surface area contributed by atoms with E-state index in [2.05, 4.69) is 6.58 Å². The highest BCUT2D eigenvalue weighted by atomic mass is 16.6. The fraction of sp³-hybridized carbons (Fsp3) is 0.579. The summed E-state index contributed by atoms with van der Waals surface area (Å²) in [5.74, 6) is 1.13. The molecule has 0 bridgehead atoms. The third-order valence-electron chi connectivity index (χ3n) is 3.61. The van der Waals surface area contributed by atoms with Crippen LogP contribution in [0.5, 0.6) is 17.2 Å². The van der Waals surface area contributed by atoms with Crippen LogP contribution < -0.4 is 9.47 Å². The molecule has 0 spiro atoms. The summed E-state index contributed by atoms with van der Waals surface area (Å²) < 4.78 is 27.3. The van der Waals surface area contributed by atoms with E-state index < -0.39 is 5.60 Å². The van der Waals surface area contributed by atoms with E-state index >= 15 is 0 Å². The molecule has 0 amide bonds. The molecule has 6 nitrogen and oxygen atoms in total. The minimum atomic E-state index is -0.537. The lowest BCUT2D eigenvalue weighted by molar-refractivity contribution is 0.0175. The number of ether oxygens (including phenoxy) is 5. The SMILES string of the molecule is C=C(C)C(C)(C)Oc1ccc(O)cc1OCCOCCOCCOC. The third kappa shape index (κ3) is 8.25. The molecule has 25 heavy (non-hydrogen) atoms. The molecule has 0 saturated heterocycles. The minimum Gasteiger partial charge on any atom is -0.508 e. The van der Waals surface area contributed by atoms with Gasteiger partial charge in [-0.05, 0) is 38.5 Å². The maximum absolute atomic E-state index is 9.68. The van der Waals surface area contributed by atoms with Crippen LogP contribution in [0.4, 0.5) is 0 Å². The van der Waals surface area contributed by atoms with Crippen LogP contribution in [-0.2, 0) is 14.2 Å². The van der Waals surface area contributed by atoms with Gasteiger partial charge in [-0.25, -0.2) is 0 Å². The zero-order chi connectivity index (χ0) is 18.7. The van der Waals surface area contributed by atoms with E-state index in [4.69, 9.17) is 23.7 Å². The monoisotopic (exact) mass is 354 g/mol. The van der Waals surface area contributed by atoms with E-state index in [1.165, 1.54) is 6.07 Å². The van der Waals surface area contributed by atoms with Crippen LogP contribution in [-0.4, -0.2) is 57.5 Å². The zero-order valence-corrected chi connectivity index (χ0v) is 15.7. The fourth-order valence-electron chi connectivity index (χ4n) is 1.73. The Morgan fingerprint density at radius 3 is 2.20 bits per heavy atom. The lowest BCUT2D eigenvalue weighted by atomic mass is 10.0. The molecule has 1 aromatic carbocycles. The predicted octanol–water partition coefficient (Wildman–Crippen LogP) is 3.18. The van der Waals surface area contributed by atoms with Crippen LogP contribution in [0.25, 0.3) is 0 Å². The number of aromatic hydroxyl groups is 1. The Balaban J connectivity index is 2.42. The second kappa shape index (κ2) is 11.0. The predicted molar refractivity (Wildman–Crippen MR) is 96.6 cm³/mol. The standard InChI is InChI=1S/C19H30O6/c1-15(2)19(3,4)25-17-7-6-16(20)14-18(17)24-13-12-23-11-10-22-9-8-21-5/h6-7,14,20H,1,8-13H2,2-5H3. The number of phenolic OH excluding ortho intramolecular Hbond substituents is 1. The average molecular weight is 354 g/mol. The van der Waals surface area contributed by atoms with Gasteiger partial charge in [0, 0.05) is 13.2 Å². The zero-order valence-electron chi connectivity index (χ0n) is 15.7. The molecule has 1 rings (SSSR count). The van der Waals surface area contributed by atoms with Gasteiger partial charge in [0.05, 0.1) is 33.0 Å². The fourth-order valence-corrected chi connectivity index (χ4v) is 1.73. The van der Waals surface area contributed by atoms with Crippen molar-refractivity contribution in [2.24, 2.45) is 0 Å². The summed E-state index contributed by atoms with van der Waals surface area (Å²) in [5.41, 5.74) is 0.355. The van der Waals surface area contributed by atoms with Crippen molar-refractivity contribution in [3.63, 3.8) is 0 Å². The molecule has 0 saturated carbocycles. The van der Waals surface area contributed by atoms with Crippen LogP contribution in [0, 0.1) is 0 Å². The summed E-state index contributed by atoms with van der Waals surface area (Å²) in [7, 11) is 1.63. The number of hydrogen-bond donors (Lipinski definition) is 1. The van der Waals surface area contributed by atoms with E-state index in [-0.39, 0.29) is 5.75 Å². The molecule has 0 aliphatic heterocycles. The van der Waals surface area contributed by atoms with Crippen LogP contribution in [0.15, 0.2) is 30.4 Å². The van der Waals surface area contributed by atoms with E-state index in [0.29, 0.717) is 51.1 Å². The first-order valence-electron chi connectivity index (χ1n) is 8.32. The van der Waals surface area contributed by atoms with Gasteiger partial charge in [0.1, 0.15) is 18.0 Å². The van der Waals surface area contributed by atoms with Crippen molar-refractivity contribution < 1.29 is 28.8 Å². The van der Waals surface area contributed by atoms with Crippen molar-refractivity contribution in [3.8, 4) is 17.2 Å². The first-order valence-corrected chi connectivity index (χ1v) is 8.32.